The first-order chi connectivity index (χ1) is 9.65. The number of urea groups is 1. The highest BCUT2D eigenvalue weighted by atomic mass is 16.2. The molecule has 0 saturated carbocycles. The van der Waals surface area contributed by atoms with Gasteiger partial charge in [0.2, 0.25) is 0 Å². The number of carbonyl (C=O) groups excluding carboxylic acids is 1. The van der Waals surface area contributed by atoms with Crippen LogP contribution in [0, 0.1) is 0 Å². The summed E-state index contributed by atoms with van der Waals surface area (Å²) in [6, 6.07) is 18.3. The van der Waals surface area contributed by atoms with E-state index in [0.717, 1.165) is 18.5 Å². The normalized spacial score (nSPS) is 10.1. The second kappa shape index (κ2) is 6.75. The number of hydrogen-bond donors (Lipinski definition) is 1. The van der Waals surface area contributed by atoms with Gasteiger partial charge in [0.1, 0.15) is 0 Å². The fourth-order valence-electron chi connectivity index (χ4n) is 1.97. The summed E-state index contributed by atoms with van der Waals surface area (Å²) in [5.41, 5.74) is 3.40. The summed E-state index contributed by atoms with van der Waals surface area (Å²) >= 11 is 0. The molecule has 2 aromatic rings. The summed E-state index contributed by atoms with van der Waals surface area (Å²) in [5, 5.41) is 2.87. The lowest BCUT2D eigenvalue weighted by atomic mass is 10.0. The molecule has 20 heavy (non-hydrogen) atoms. The van der Waals surface area contributed by atoms with Gasteiger partial charge in [-0.3, -0.25) is 0 Å². The minimum absolute atomic E-state index is 0.106. The topological polar surface area (TPSA) is 32.3 Å². The molecule has 3 nitrogen and oxygen atoms in total. The SMILES string of the molecule is CN(C)C(=O)Nc1cccc(CCc2ccccc2)c1. The Morgan fingerprint density at radius 3 is 2.30 bits per heavy atom. The molecule has 2 rings (SSSR count). The molecule has 0 spiro atoms. The molecule has 0 atom stereocenters. The van der Waals surface area contributed by atoms with Crippen molar-refractivity contribution in [3.05, 3.63) is 65.7 Å². The third kappa shape index (κ3) is 4.12. The summed E-state index contributed by atoms with van der Waals surface area (Å²) in [7, 11) is 3.46. The number of rotatable bonds is 4. The smallest absolute Gasteiger partial charge is 0.321 e. The van der Waals surface area contributed by atoms with Gasteiger partial charge in [-0.05, 0) is 36.1 Å². The van der Waals surface area contributed by atoms with Gasteiger partial charge in [-0.25, -0.2) is 4.79 Å². The van der Waals surface area contributed by atoms with Crippen LogP contribution < -0.4 is 5.32 Å². The Labute approximate surface area is 120 Å². The Morgan fingerprint density at radius 2 is 1.60 bits per heavy atom. The molecule has 0 heterocycles. The first kappa shape index (κ1) is 14.1. The maximum Gasteiger partial charge on any atom is 0.321 e. The van der Waals surface area contributed by atoms with Gasteiger partial charge in [0.25, 0.3) is 0 Å². The van der Waals surface area contributed by atoms with Crippen molar-refractivity contribution >= 4 is 11.7 Å². The van der Waals surface area contributed by atoms with Crippen molar-refractivity contribution in [3.8, 4) is 0 Å². The van der Waals surface area contributed by atoms with Gasteiger partial charge in [0.05, 0.1) is 0 Å². The van der Waals surface area contributed by atoms with Gasteiger partial charge in [-0.1, -0.05) is 42.5 Å². The van der Waals surface area contributed by atoms with Crippen LogP contribution in [0.3, 0.4) is 0 Å². The lowest BCUT2D eigenvalue weighted by Gasteiger charge is -2.12. The summed E-state index contributed by atoms with van der Waals surface area (Å²) in [4.78, 5) is 13.1. The average molecular weight is 268 g/mol. The number of carbonyl (C=O) groups is 1. The highest BCUT2D eigenvalue weighted by Crippen LogP contribution is 2.13. The van der Waals surface area contributed by atoms with E-state index in [9.17, 15) is 4.79 Å². The van der Waals surface area contributed by atoms with Crippen molar-refractivity contribution in [2.75, 3.05) is 19.4 Å². The number of nitrogens with zero attached hydrogens (tertiary/aromatic N) is 1. The molecule has 0 aliphatic carbocycles. The van der Waals surface area contributed by atoms with E-state index < -0.39 is 0 Å². The Kier molecular flexibility index (Phi) is 4.77. The van der Waals surface area contributed by atoms with Crippen LogP contribution >= 0.6 is 0 Å². The summed E-state index contributed by atoms with van der Waals surface area (Å²) in [6.45, 7) is 0. The first-order valence-electron chi connectivity index (χ1n) is 6.76. The summed E-state index contributed by atoms with van der Waals surface area (Å²) in [5.74, 6) is 0. The molecule has 0 radical (unpaired) electrons. The Balaban J connectivity index is 1.97. The molecule has 0 fully saturated rings. The number of amides is 2. The third-order valence-electron chi connectivity index (χ3n) is 3.13. The van der Waals surface area contributed by atoms with Crippen LogP contribution in [0.4, 0.5) is 10.5 Å². The molecule has 0 unspecified atom stereocenters. The van der Waals surface area contributed by atoms with Crippen molar-refractivity contribution in [3.63, 3.8) is 0 Å². The minimum atomic E-state index is -0.106. The molecule has 0 aliphatic rings. The first-order valence-corrected chi connectivity index (χ1v) is 6.76. The van der Waals surface area contributed by atoms with Gasteiger partial charge in [0, 0.05) is 19.8 Å². The highest BCUT2D eigenvalue weighted by Gasteiger charge is 2.04. The molecular weight excluding hydrogens is 248 g/mol. The lowest BCUT2D eigenvalue weighted by Crippen LogP contribution is -2.27. The Bertz CT molecular complexity index is 564. The zero-order valence-corrected chi connectivity index (χ0v) is 12.0. The molecule has 0 saturated heterocycles. The number of hydrogen-bond acceptors (Lipinski definition) is 1. The van der Waals surface area contributed by atoms with E-state index in [4.69, 9.17) is 0 Å². The predicted molar refractivity (Wildman–Crippen MR) is 83.0 cm³/mol. The third-order valence-corrected chi connectivity index (χ3v) is 3.13. The highest BCUT2D eigenvalue weighted by molar-refractivity contribution is 5.88. The van der Waals surface area contributed by atoms with E-state index in [2.05, 4.69) is 35.6 Å². The largest absolute Gasteiger partial charge is 0.331 e. The van der Waals surface area contributed by atoms with Gasteiger partial charge in [-0.15, -0.1) is 0 Å². The van der Waals surface area contributed by atoms with Crippen molar-refractivity contribution in [1.82, 2.24) is 4.90 Å². The predicted octanol–water partition coefficient (Wildman–Crippen LogP) is 3.57. The lowest BCUT2D eigenvalue weighted by molar-refractivity contribution is 0.230. The minimum Gasteiger partial charge on any atom is -0.331 e. The number of aryl methyl sites for hydroxylation is 2. The maximum absolute atomic E-state index is 11.6. The molecule has 3 heteroatoms. The van der Waals surface area contributed by atoms with E-state index in [0.29, 0.717) is 0 Å². The number of benzene rings is 2. The van der Waals surface area contributed by atoms with E-state index in [1.165, 1.54) is 16.0 Å². The Hall–Kier alpha value is -2.29. The van der Waals surface area contributed by atoms with Crippen LogP contribution in [0.25, 0.3) is 0 Å². The molecule has 2 amide bonds. The van der Waals surface area contributed by atoms with E-state index in [-0.39, 0.29) is 6.03 Å². The average Bonchev–Trinajstić information content (AvgIpc) is 2.46. The molecule has 0 aromatic heterocycles. The van der Waals surface area contributed by atoms with Crippen LogP contribution in [-0.4, -0.2) is 25.0 Å². The van der Waals surface area contributed by atoms with E-state index in [1.807, 2.05) is 24.3 Å². The number of anilines is 1. The maximum atomic E-state index is 11.6. The zero-order chi connectivity index (χ0) is 14.4. The fraction of sp³-hybridized carbons (Fsp3) is 0.235. The monoisotopic (exact) mass is 268 g/mol. The van der Waals surface area contributed by atoms with Crippen molar-refractivity contribution < 1.29 is 4.79 Å². The van der Waals surface area contributed by atoms with Gasteiger partial charge < -0.3 is 10.2 Å². The van der Waals surface area contributed by atoms with Gasteiger partial charge in [-0.2, -0.15) is 0 Å². The second-order valence-corrected chi connectivity index (χ2v) is 5.01. The Morgan fingerprint density at radius 1 is 0.950 bits per heavy atom. The van der Waals surface area contributed by atoms with E-state index >= 15 is 0 Å². The summed E-state index contributed by atoms with van der Waals surface area (Å²) < 4.78 is 0. The van der Waals surface area contributed by atoms with Crippen LogP contribution in [0.15, 0.2) is 54.6 Å². The van der Waals surface area contributed by atoms with Crippen LogP contribution in [0.5, 0.6) is 0 Å². The van der Waals surface area contributed by atoms with Crippen LogP contribution in [0.2, 0.25) is 0 Å². The molecule has 104 valence electrons. The zero-order valence-electron chi connectivity index (χ0n) is 12.0. The second-order valence-electron chi connectivity index (χ2n) is 5.01. The quantitative estimate of drug-likeness (QED) is 0.903. The molecule has 0 bridgehead atoms. The standard InChI is InChI=1S/C17H20N2O/c1-19(2)17(20)18-16-10-6-9-15(13-16)12-11-14-7-4-3-5-8-14/h3-10,13H,11-12H2,1-2H3,(H,18,20). The molecular formula is C17H20N2O. The van der Waals surface area contributed by atoms with Crippen molar-refractivity contribution in [1.29, 1.82) is 0 Å². The molecule has 0 aliphatic heterocycles. The van der Waals surface area contributed by atoms with Gasteiger partial charge >= 0.3 is 6.03 Å². The van der Waals surface area contributed by atoms with Crippen LogP contribution in [0.1, 0.15) is 11.1 Å². The summed E-state index contributed by atoms with van der Waals surface area (Å²) in [6.07, 6.45) is 1.97. The van der Waals surface area contributed by atoms with E-state index in [1.54, 1.807) is 14.1 Å². The fourth-order valence-corrected chi connectivity index (χ4v) is 1.97. The number of nitrogens with one attached hydrogen (secondary N) is 1. The van der Waals surface area contributed by atoms with Crippen molar-refractivity contribution in [2.24, 2.45) is 0 Å². The van der Waals surface area contributed by atoms with Crippen LogP contribution in [-0.2, 0) is 12.8 Å². The van der Waals surface area contributed by atoms with Crippen molar-refractivity contribution in [2.45, 2.75) is 12.8 Å². The molecule has 1 N–H and O–H groups in total. The molecule has 2 aromatic carbocycles. The van der Waals surface area contributed by atoms with Gasteiger partial charge in [0.15, 0.2) is 0 Å².